The van der Waals surface area contributed by atoms with E-state index >= 15 is 0 Å². The van der Waals surface area contributed by atoms with Crippen LogP contribution in [0.25, 0.3) is 0 Å². The van der Waals surface area contributed by atoms with Gasteiger partial charge in [0.1, 0.15) is 0 Å². The van der Waals surface area contributed by atoms with Gasteiger partial charge in [-0.1, -0.05) is 32.4 Å². The van der Waals surface area contributed by atoms with Crippen molar-refractivity contribution in [1.82, 2.24) is 0 Å². The van der Waals surface area contributed by atoms with Gasteiger partial charge in [-0.3, -0.25) is 4.79 Å². The van der Waals surface area contributed by atoms with Crippen LogP contribution in [0.3, 0.4) is 0 Å². The summed E-state index contributed by atoms with van der Waals surface area (Å²) < 4.78 is 9.98. The molecule has 4 rings (SSSR count). The first-order chi connectivity index (χ1) is 16.8. The monoisotopic (exact) mass is 528 g/mol. The average Bonchev–Trinajstić information content (AvgIpc) is 3.17. The molecule has 0 aromatic rings. The second-order valence-electron chi connectivity index (χ2n) is 12.9. The van der Waals surface area contributed by atoms with Gasteiger partial charge < -0.3 is 24.8 Å². The van der Waals surface area contributed by atoms with Crippen molar-refractivity contribution in [1.29, 1.82) is 0 Å². The molecule has 206 valence electrons. The Morgan fingerprint density at radius 3 is 2.42 bits per heavy atom. The lowest BCUT2D eigenvalue weighted by Gasteiger charge is -2.64. The largest absolute Gasteiger partial charge is 0.469 e. The average molecular weight is 529 g/mol. The number of fused-ring (bicyclic) bond motifs is 5. The number of rotatable bonds is 6. The molecule has 0 aliphatic heterocycles. The molecule has 0 aromatic carbocycles. The smallest absolute Gasteiger partial charge is 0.339 e. The first-order valence-electron chi connectivity index (χ1n) is 13.8. The normalized spacial score (nSPS) is 47.6. The van der Waals surface area contributed by atoms with Gasteiger partial charge in [-0.05, 0) is 105 Å². The van der Waals surface area contributed by atoms with Crippen LogP contribution in [0.2, 0.25) is 0 Å². The van der Waals surface area contributed by atoms with E-state index in [2.05, 4.69) is 20.8 Å². The first kappa shape index (κ1) is 28.1. The van der Waals surface area contributed by atoms with Crippen molar-refractivity contribution in [3.05, 3.63) is 0 Å². The summed E-state index contributed by atoms with van der Waals surface area (Å²) in [6.07, 6.45) is 4.36. The number of esters is 2. The maximum Gasteiger partial charge on any atom is 0.339 e. The quantitative estimate of drug-likeness (QED) is 0.352. The van der Waals surface area contributed by atoms with Crippen molar-refractivity contribution in [2.24, 2.45) is 46.3 Å². The highest BCUT2D eigenvalue weighted by atomic mass is 35.5. The van der Waals surface area contributed by atoms with Crippen LogP contribution < -0.4 is 0 Å². The molecular formula is C28H45ClO7. The van der Waals surface area contributed by atoms with E-state index in [1.165, 1.54) is 7.11 Å². The number of carbonyl (C=O) groups is 2. The molecular weight excluding hydrogens is 484 g/mol. The summed E-state index contributed by atoms with van der Waals surface area (Å²) in [6.45, 7) is 8.17. The van der Waals surface area contributed by atoms with Crippen molar-refractivity contribution in [3.8, 4) is 0 Å². The number of ether oxygens (including phenoxy) is 2. The lowest BCUT2D eigenvalue weighted by molar-refractivity contribution is -0.220. The highest BCUT2D eigenvalue weighted by Gasteiger charge is 2.67. The van der Waals surface area contributed by atoms with E-state index in [9.17, 15) is 24.9 Å². The van der Waals surface area contributed by atoms with Crippen LogP contribution in [0.1, 0.15) is 85.5 Å². The van der Waals surface area contributed by atoms with Gasteiger partial charge >= 0.3 is 11.9 Å². The number of hydrogen-bond donors (Lipinski definition) is 3. The Morgan fingerprint density at radius 2 is 1.78 bits per heavy atom. The minimum Gasteiger partial charge on any atom is -0.469 e. The van der Waals surface area contributed by atoms with E-state index in [0.29, 0.717) is 32.1 Å². The number of aliphatic hydroxyl groups is 3. The molecule has 4 aliphatic rings. The predicted octanol–water partition coefficient (Wildman–Crippen LogP) is 4.04. The fourth-order valence-electron chi connectivity index (χ4n) is 9.24. The van der Waals surface area contributed by atoms with E-state index < -0.39 is 29.3 Å². The van der Waals surface area contributed by atoms with Crippen molar-refractivity contribution in [3.63, 3.8) is 0 Å². The van der Waals surface area contributed by atoms with Gasteiger partial charge in [0.05, 0.1) is 19.3 Å². The van der Waals surface area contributed by atoms with Crippen LogP contribution in [0.5, 0.6) is 0 Å². The molecule has 8 heteroatoms. The zero-order valence-electron chi connectivity index (χ0n) is 22.4. The molecule has 4 saturated carbocycles. The topological polar surface area (TPSA) is 113 Å². The summed E-state index contributed by atoms with van der Waals surface area (Å²) in [5, 5.41) is 34.4. The van der Waals surface area contributed by atoms with Crippen molar-refractivity contribution >= 4 is 23.5 Å². The molecule has 12 atom stereocenters. The lowest BCUT2D eigenvalue weighted by atomic mass is 9.42. The van der Waals surface area contributed by atoms with E-state index in [1.54, 1.807) is 6.92 Å². The Balaban J connectivity index is 1.55. The van der Waals surface area contributed by atoms with Crippen LogP contribution in [-0.4, -0.2) is 57.7 Å². The highest BCUT2D eigenvalue weighted by Crippen LogP contribution is 2.69. The van der Waals surface area contributed by atoms with Gasteiger partial charge in [-0.15, -0.1) is 0 Å². The molecule has 36 heavy (non-hydrogen) atoms. The second-order valence-corrected chi connectivity index (χ2v) is 13.5. The van der Waals surface area contributed by atoms with E-state index in [0.717, 1.165) is 19.3 Å². The number of carbonyl (C=O) groups excluding carboxylic acids is 2. The minimum absolute atomic E-state index is 0.0431. The fraction of sp³-hybridized carbons (Fsp3) is 0.929. The third-order valence-corrected chi connectivity index (χ3v) is 11.4. The molecule has 0 radical (unpaired) electrons. The molecule has 3 N–H and O–H groups in total. The predicted molar refractivity (Wildman–Crippen MR) is 135 cm³/mol. The van der Waals surface area contributed by atoms with Crippen LogP contribution in [-0.2, 0) is 19.1 Å². The Labute approximate surface area is 220 Å². The maximum absolute atomic E-state index is 12.6. The Bertz CT molecular complexity index is 850. The van der Waals surface area contributed by atoms with Crippen LogP contribution in [0.15, 0.2) is 0 Å². The molecule has 0 spiro atoms. The second kappa shape index (κ2) is 10.0. The van der Waals surface area contributed by atoms with Crippen LogP contribution in [0.4, 0.5) is 0 Å². The molecule has 1 unspecified atom stereocenters. The van der Waals surface area contributed by atoms with Gasteiger partial charge in [0, 0.05) is 6.42 Å². The van der Waals surface area contributed by atoms with Crippen molar-refractivity contribution < 1.29 is 34.4 Å². The first-order valence-corrected chi connectivity index (χ1v) is 14.2. The summed E-state index contributed by atoms with van der Waals surface area (Å²) in [6, 6.07) is 0. The number of alkyl halides is 1. The van der Waals surface area contributed by atoms with Crippen molar-refractivity contribution in [2.45, 2.75) is 109 Å². The standard InChI is InChI=1S/C28H45ClO7/c1-15(6-9-23(32)35-5)18-7-8-19-24-20(13-22(31)27(18,19)4)26(3)10-11-28(34,25(33)36-16(2)29)14-17(26)12-21(24)30/h15-22,24,30-31,34H,6-14H2,1-5H3/t15-,16?,17-,18-,19+,20+,21-,22+,24+,26+,27-,28-/m1/s1. The summed E-state index contributed by atoms with van der Waals surface area (Å²) in [5.74, 6) is 0.0351. The highest BCUT2D eigenvalue weighted by molar-refractivity contribution is 6.20. The van der Waals surface area contributed by atoms with E-state index in [-0.39, 0.29) is 58.7 Å². The molecule has 0 aromatic heterocycles. The molecule has 0 amide bonds. The lowest BCUT2D eigenvalue weighted by Crippen LogP contribution is -2.64. The molecule has 0 saturated heterocycles. The van der Waals surface area contributed by atoms with Crippen LogP contribution >= 0.6 is 11.6 Å². The number of halogens is 1. The summed E-state index contributed by atoms with van der Waals surface area (Å²) >= 11 is 5.85. The maximum atomic E-state index is 12.6. The zero-order chi connectivity index (χ0) is 26.6. The Kier molecular flexibility index (Phi) is 7.82. The van der Waals surface area contributed by atoms with Gasteiger partial charge in [0.15, 0.2) is 11.2 Å². The fourth-order valence-corrected chi connectivity index (χ4v) is 9.32. The molecule has 0 heterocycles. The number of methoxy groups -OCH3 is 1. The number of aliphatic hydroxyl groups excluding tert-OH is 2. The van der Waals surface area contributed by atoms with Crippen LogP contribution in [0, 0.1) is 46.3 Å². The molecule has 0 bridgehead atoms. The Morgan fingerprint density at radius 1 is 1.08 bits per heavy atom. The molecule has 7 nitrogen and oxygen atoms in total. The third-order valence-electron chi connectivity index (χ3n) is 11.3. The molecule has 4 aliphatic carbocycles. The Hall–Kier alpha value is -0.890. The molecule has 4 fully saturated rings. The van der Waals surface area contributed by atoms with Gasteiger partial charge in [0.25, 0.3) is 0 Å². The van der Waals surface area contributed by atoms with E-state index in [4.69, 9.17) is 21.1 Å². The van der Waals surface area contributed by atoms with E-state index in [1.807, 2.05) is 0 Å². The summed E-state index contributed by atoms with van der Waals surface area (Å²) in [4.78, 5) is 24.4. The minimum atomic E-state index is -1.59. The number of hydrogen-bond acceptors (Lipinski definition) is 7. The van der Waals surface area contributed by atoms with Gasteiger partial charge in [0.2, 0.25) is 0 Å². The SMILES string of the molecule is COC(=O)CC[C@@H](C)[C@H]1CC[C@H]2[C@@H]3[C@H](O)C[C@@H]4C[C@@](O)(C(=O)OC(C)Cl)CC[C@]4(C)[C@H]3C[C@H](O)[C@]12C. The zero-order valence-corrected chi connectivity index (χ0v) is 23.2. The van der Waals surface area contributed by atoms with Gasteiger partial charge in [-0.2, -0.15) is 0 Å². The summed E-state index contributed by atoms with van der Waals surface area (Å²) in [7, 11) is 1.41. The third kappa shape index (κ3) is 4.50. The summed E-state index contributed by atoms with van der Waals surface area (Å²) in [5.41, 5.74) is -2.89. The van der Waals surface area contributed by atoms with Crippen molar-refractivity contribution in [2.75, 3.05) is 7.11 Å². The van der Waals surface area contributed by atoms with Gasteiger partial charge in [-0.25, -0.2) is 4.79 Å².